The minimum atomic E-state index is -0.420. The van der Waals surface area contributed by atoms with Crippen LogP contribution in [-0.2, 0) is 7.05 Å². The lowest BCUT2D eigenvalue weighted by molar-refractivity contribution is 0.102. The lowest BCUT2D eigenvalue weighted by Gasteiger charge is -2.01. The molecule has 0 bridgehead atoms. The molecule has 0 atom stereocenters. The number of nitrogens with one attached hydrogen (secondary N) is 2. The number of hydrogen-bond donors (Lipinski definition) is 3. The van der Waals surface area contributed by atoms with Gasteiger partial charge in [-0.2, -0.15) is 5.10 Å². The van der Waals surface area contributed by atoms with E-state index in [0.29, 0.717) is 17.5 Å². The molecule has 2 rings (SSSR count). The fourth-order valence-corrected chi connectivity index (χ4v) is 1.41. The number of rotatable bonds is 4. The third-order valence-corrected chi connectivity index (χ3v) is 2.33. The van der Waals surface area contributed by atoms with Gasteiger partial charge < -0.3 is 15.5 Å². The first kappa shape index (κ1) is 12.8. The number of methoxy groups -OCH3 is 1. The number of carbonyl (C=O) groups is 1. The minimum Gasteiger partial charge on any atom is -0.481 e. The van der Waals surface area contributed by atoms with E-state index >= 15 is 0 Å². The predicted molar refractivity (Wildman–Crippen MR) is 67.6 cm³/mol. The molecule has 0 radical (unpaired) electrons. The molecular weight excluding hydrogens is 250 g/mol. The molecule has 1 amide bonds. The Morgan fingerprint density at radius 1 is 1.37 bits per heavy atom. The maximum absolute atomic E-state index is 11.9. The van der Waals surface area contributed by atoms with Gasteiger partial charge in [0.2, 0.25) is 5.88 Å². The summed E-state index contributed by atoms with van der Waals surface area (Å²) in [4.78, 5) is 11.9. The summed E-state index contributed by atoms with van der Waals surface area (Å²) in [5.41, 5.74) is 2.48. The molecular formula is C10H13N7O2. The third kappa shape index (κ3) is 2.77. The highest BCUT2D eigenvalue weighted by molar-refractivity contribution is 6.02. The van der Waals surface area contributed by atoms with E-state index in [0.717, 1.165) is 0 Å². The van der Waals surface area contributed by atoms with Gasteiger partial charge in [-0.05, 0) is 12.1 Å². The lowest BCUT2D eigenvalue weighted by Crippen LogP contribution is -2.16. The summed E-state index contributed by atoms with van der Waals surface area (Å²) in [6.45, 7) is 0. The Bertz CT molecular complexity index is 578. The van der Waals surface area contributed by atoms with E-state index < -0.39 is 5.91 Å². The average molecular weight is 263 g/mol. The Labute approximate surface area is 108 Å². The normalized spacial score (nSPS) is 10.1. The van der Waals surface area contributed by atoms with Gasteiger partial charge in [0.15, 0.2) is 17.3 Å². The number of hydrazine groups is 1. The quantitative estimate of drug-likeness (QED) is 0.514. The van der Waals surface area contributed by atoms with Crippen molar-refractivity contribution in [3.63, 3.8) is 0 Å². The number of nitrogen functional groups attached to an aromatic ring is 1. The van der Waals surface area contributed by atoms with Crippen LogP contribution in [0.4, 0.5) is 11.6 Å². The van der Waals surface area contributed by atoms with Crippen molar-refractivity contribution in [1.82, 2.24) is 20.0 Å². The first-order valence-electron chi connectivity index (χ1n) is 5.33. The number of amides is 1. The zero-order chi connectivity index (χ0) is 13.8. The van der Waals surface area contributed by atoms with Crippen LogP contribution in [0, 0.1) is 0 Å². The molecule has 9 heteroatoms. The van der Waals surface area contributed by atoms with Crippen molar-refractivity contribution >= 4 is 17.5 Å². The molecule has 2 aromatic heterocycles. The highest BCUT2D eigenvalue weighted by Crippen LogP contribution is 2.15. The molecule has 0 fully saturated rings. The van der Waals surface area contributed by atoms with Gasteiger partial charge in [0.05, 0.1) is 7.11 Å². The van der Waals surface area contributed by atoms with E-state index in [1.165, 1.54) is 17.9 Å². The molecule has 0 aromatic carbocycles. The number of anilines is 2. The summed E-state index contributed by atoms with van der Waals surface area (Å²) < 4.78 is 6.54. The maximum Gasteiger partial charge on any atom is 0.277 e. The van der Waals surface area contributed by atoms with E-state index in [1.807, 2.05) is 0 Å². The molecule has 0 aliphatic rings. The van der Waals surface area contributed by atoms with Gasteiger partial charge in [-0.25, -0.2) is 10.5 Å². The molecule has 19 heavy (non-hydrogen) atoms. The van der Waals surface area contributed by atoms with Gasteiger partial charge in [0, 0.05) is 13.1 Å². The first-order chi connectivity index (χ1) is 9.13. The smallest absolute Gasteiger partial charge is 0.277 e. The van der Waals surface area contributed by atoms with Crippen LogP contribution in [0.3, 0.4) is 0 Å². The summed E-state index contributed by atoms with van der Waals surface area (Å²) in [6, 6.07) is 4.64. The molecule has 2 heterocycles. The van der Waals surface area contributed by atoms with Crippen molar-refractivity contribution in [2.45, 2.75) is 0 Å². The fraction of sp³-hybridized carbons (Fsp3) is 0.200. The zero-order valence-electron chi connectivity index (χ0n) is 10.4. The Morgan fingerprint density at radius 2 is 2.16 bits per heavy atom. The van der Waals surface area contributed by atoms with Crippen LogP contribution in [0.1, 0.15) is 10.5 Å². The Kier molecular flexibility index (Phi) is 3.57. The number of aromatic nitrogens is 4. The number of ether oxygens (including phenoxy) is 1. The van der Waals surface area contributed by atoms with E-state index in [-0.39, 0.29) is 5.69 Å². The minimum absolute atomic E-state index is 0.156. The zero-order valence-corrected chi connectivity index (χ0v) is 10.4. The second kappa shape index (κ2) is 5.31. The number of aryl methyl sites for hydroxylation is 1. The van der Waals surface area contributed by atoms with E-state index in [2.05, 4.69) is 26.0 Å². The van der Waals surface area contributed by atoms with Gasteiger partial charge >= 0.3 is 0 Å². The second-order valence-corrected chi connectivity index (χ2v) is 3.60. The van der Waals surface area contributed by atoms with Crippen LogP contribution in [0.2, 0.25) is 0 Å². The lowest BCUT2D eigenvalue weighted by atomic mass is 10.3. The SMILES string of the molecule is COc1cc(NC(=O)c2ccc(NN)nn2)nn1C. The predicted octanol–water partition coefficient (Wildman–Crippen LogP) is -0.243. The first-order valence-corrected chi connectivity index (χ1v) is 5.33. The van der Waals surface area contributed by atoms with Gasteiger partial charge in [0.25, 0.3) is 5.91 Å². The van der Waals surface area contributed by atoms with Crippen molar-refractivity contribution < 1.29 is 9.53 Å². The fourth-order valence-electron chi connectivity index (χ4n) is 1.41. The van der Waals surface area contributed by atoms with Gasteiger partial charge in [0.1, 0.15) is 0 Å². The third-order valence-electron chi connectivity index (χ3n) is 2.33. The number of carbonyl (C=O) groups excluding carboxylic acids is 1. The van der Waals surface area contributed by atoms with Gasteiger partial charge in [-0.1, -0.05) is 0 Å². The Morgan fingerprint density at radius 3 is 2.68 bits per heavy atom. The van der Waals surface area contributed by atoms with Gasteiger partial charge in [-0.3, -0.25) is 4.79 Å². The Hall–Kier alpha value is -2.68. The molecule has 0 unspecified atom stereocenters. The van der Waals surface area contributed by atoms with E-state index in [1.54, 1.807) is 19.2 Å². The van der Waals surface area contributed by atoms with Crippen molar-refractivity contribution in [2.24, 2.45) is 12.9 Å². The van der Waals surface area contributed by atoms with Crippen molar-refractivity contribution in [2.75, 3.05) is 17.9 Å². The van der Waals surface area contributed by atoms with Crippen molar-refractivity contribution in [1.29, 1.82) is 0 Å². The molecule has 2 aromatic rings. The number of nitrogens with zero attached hydrogens (tertiary/aromatic N) is 4. The molecule has 0 spiro atoms. The van der Waals surface area contributed by atoms with Crippen LogP contribution < -0.4 is 21.3 Å². The largest absolute Gasteiger partial charge is 0.481 e. The summed E-state index contributed by atoms with van der Waals surface area (Å²) in [7, 11) is 3.22. The highest BCUT2D eigenvalue weighted by Gasteiger charge is 2.12. The van der Waals surface area contributed by atoms with Crippen LogP contribution in [0.25, 0.3) is 0 Å². The van der Waals surface area contributed by atoms with E-state index in [9.17, 15) is 4.79 Å². The van der Waals surface area contributed by atoms with Crippen LogP contribution >= 0.6 is 0 Å². The topological polar surface area (TPSA) is 120 Å². The monoisotopic (exact) mass is 263 g/mol. The molecule has 0 aliphatic carbocycles. The maximum atomic E-state index is 11.9. The van der Waals surface area contributed by atoms with Crippen LogP contribution in [0.5, 0.6) is 5.88 Å². The number of hydrogen-bond acceptors (Lipinski definition) is 7. The summed E-state index contributed by atoms with van der Waals surface area (Å²) in [5.74, 6) is 6.01. The van der Waals surface area contributed by atoms with Crippen molar-refractivity contribution in [3.05, 3.63) is 23.9 Å². The van der Waals surface area contributed by atoms with Crippen LogP contribution in [0.15, 0.2) is 18.2 Å². The van der Waals surface area contributed by atoms with E-state index in [4.69, 9.17) is 10.6 Å². The highest BCUT2D eigenvalue weighted by atomic mass is 16.5. The Balaban J connectivity index is 2.11. The molecule has 0 aliphatic heterocycles. The molecule has 0 saturated carbocycles. The molecule has 100 valence electrons. The van der Waals surface area contributed by atoms with Crippen molar-refractivity contribution in [3.8, 4) is 5.88 Å². The summed E-state index contributed by atoms with van der Waals surface area (Å²) in [6.07, 6.45) is 0. The number of nitrogens with two attached hydrogens (primary N) is 1. The van der Waals surface area contributed by atoms with Crippen LogP contribution in [-0.4, -0.2) is 33.0 Å². The molecule has 4 N–H and O–H groups in total. The molecule has 9 nitrogen and oxygen atoms in total. The molecule has 0 saturated heterocycles. The second-order valence-electron chi connectivity index (χ2n) is 3.60. The summed E-state index contributed by atoms with van der Waals surface area (Å²) >= 11 is 0. The average Bonchev–Trinajstić information content (AvgIpc) is 2.78. The standard InChI is InChI=1S/C10H13N7O2/c1-17-9(19-2)5-8(16-17)12-10(18)6-3-4-7(13-11)15-14-6/h3-5H,11H2,1-2H3,(H,13,15)(H,12,16,18). The summed E-state index contributed by atoms with van der Waals surface area (Å²) in [5, 5.41) is 14.1. The van der Waals surface area contributed by atoms with Gasteiger partial charge in [-0.15, -0.1) is 10.2 Å².